The molecule has 1 aromatic carbocycles. The number of thiophene rings is 1. The lowest BCUT2D eigenvalue weighted by molar-refractivity contribution is 0.0984. The van der Waals surface area contributed by atoms with Crippen LogP contribution in [-0.4, -0.2) is 87.3 Å². The van der Waals surface area contributed by atoms with Crippen LogP contribution in [0.4, 0.5) is 17.2 Å². The third kappa shape index (κ3) is 4.99. The van der Waals surface area contributed by atoms with Crippen molar-refractivity contribution in [2.75, 3.05) is 29.9 Å². The van der Waals surface area contributed by atoms with Gasteiger partial charge in [0.2, 0.25) is 0 Å². The van der Waals surface area contributed by atoms with Crippen molar-refractivity contribution in [1.29, 1.82) is 0 Å². The first-order chi connectivity index (χ1) is 22.2. The number of aliphatic hydroxyl groups excluding tert-OH is 1. The van der Waals surface area contributed by atoms with Gasteiger partial charge < -0.3 is 25.2 Å². The normalized spacial score (nSPS) is 19.4. The van der Waals surface area contributed by atoms with Gasteiger partial charge >= 0.3 is 0 Å². The number of carbonyl (C=O) groups excluding carboxylic acids is 1. The molecule has 8 nitrogen and oxygen atoms in total. The van der Waals surface area contributed by atoms with Gasteiger partial charge in [0.05, 0.1) is 64.2 Å². The molecule has 1 fully saturated rings. The molecular weight excluding hydrogens is 599 g/mol. The third-order valence-electron chi connectivity index (χ3n) is 9.82. The smallest absolute Gasteiger partial charge is 0.274 e. The number of anilines is 3. The molecule has 2 aliphatic heterocycles. The number of hydrogen-bond donors (Lipinski definition) is 3. The largest absolute Gasteiger partial charge is 0.392 e. The van der Waals surface area contributed by atoms with Crippen LogP contribution in [0.2, 0.25) is 10.4 Å². The van der Waals surface area contributed by atoms with Gasteiger partial charge in [0, 0.05) is 61.0 Å². The summed E-state index contributed by atoms with van der Waals surface area (Å²) in [5.74, 6) is 0.715. The predicted molar refractivity (Wildman–Crippen MR) is 191 cm³/mol. The van der Waals surface area contributed by atoms with Crippen molar-refractivity contribution < 1.29 is 9.90 Å². The molecular formula is C32H27B6N5O3S. The van der Waals surface area contributed by atoms with Crippen molar-refractivity contribution in [1.82, 2.24) is 14.9 Å². The van der Waals surface area contributed by atoms with E-state index in [1.54, 1.807) is 30.3 Å². The first-order valence-corrected chi connectivity index (χ1v) is 16.1. The molecule has 12 radical (unpaired) electrons. The van der Waals surface area contributed by atoms with Gasteiger partial charge in [-0.1, -0.05) is 23.4 Å². The fraction of sp³-hybridized carbons (Fsp3) is 0.344. The number of nitrogens with one attached hydrogen (secondary N) is 2. The fourth-order valence-corrected chi connectivity index (χ4v) is 8.29. The Balaban J connectivity index is 1.23. The summed E-state index contributed by atoms with van der Waals surface area (Å²) in [6.07, 6.45) is 4.06. The Morgan fingerprint density at radius 2 is 1.87 bits per heavy atom. The van der Waals surface area contributed by atoms with Crippen molar-refractivity contribution in [2.45, 2.75) is 41.0 Å². The summed E-state index contributed by atoms with van der Waals surface area (Å²) in [6, 6.07) is 11.1. The Hall–Kier alpha value is -3.40. The van der Waals surface area contributed by atoms with E-state index < -0.39 is 15.6 Å². The number of hydrogen-bond acceptors (Lipinski definition) is 7. The van der Waals surface area contributed by atoms with Crippen molar-refractivity contribution in [2.24, 2.45) is 7.05 Å². The van der Waals surface area contributed by atoms with Crippen LogP contribution in [0.15, 0.2) is 53.6 Å². The number of nitrogens with zero attached hydrogens (tertiary/aromatic N) is 3. The zero-order valence-corrected chi connectivity index (χ0v) is 26.7. The highest BCUT2D eigenvalue weighted by atomic mass is 32.1. The monoisotopic (exact) mass is 627 g/mol. The van der Waals surface area contributed by atoms with E-state index in [-0.39, 0.29) is 24.5 Å². The van der Waals surface area contributed by atoms with Gasteiger partial charge in [-0.3, -0.25) is 9.59 Å². The third-order valence-corrected chi connectivity index (χ3v) is 11.0. The average Bonchev–Trinajstić information content (AvgIpc) is 3.37. The number of benzene rings is 1. The van der Waals surface area contributed by atoms with Crippen LogP contribution in [0.3, 0.4) is 0 Å². The lowest BCUT2D eigenvalue weighted by Gasteiger charge is -2.59. The zero-order valence-electron chi connectivity index (χ0n) is 25.9. The maximum absolute atomic E-state index is 14.1. The van der Waals surface area contributed by atoms with Gasteiger partial charge in [-0.25, -0.2) is 4.98 Å². The van der Waals surface area contributed by atoms with Crippen LogP contribution in [0.25, 0.3) is 11.1 Å². The Labute approximate surface area is 285 Å². The van der Waals surface area contributed by atoms with E-state index in [0.29, 0.717) is 73.6 Å². The molecule has 4 aromatic rings. The molecule has 47 heavy (non-hydrogen) atoms. The lowest BCUT2D eigenvalue weighted by Crippen LogP contribution is -2.54. The van der Waals surface area contributed by atoms with E-state index in [9.17, 15) is 14.7 Å². The van der Waals surface area contributed by atoms with E-state index >= 15 is 0 Å². The number of aryl methyl sites for hydroxylation is 1. The van der Waals surface area contributed by atoms with E-state index in [1.165, 1.54) is 15.9 Å². The number of amides is 1. The van der Waals surface area contributed by atoms with Gasteiger partial charge in [-0.2, -0.15) is 0 Å². The predicted octanol–water partition coefficient (Wildman–Crippen LogP) is 1.59. The SMILES string of the molecule is [B]C1([B])Cc2sc3c(c2C([B])([B])C1([B])[B])CCN(c1cccc(-c2cc(Nc4ccc(C5CNC5)cn4)c(=O)n(C)c2)c1CO)C3=O. The summed E-state index contributed by atoms with van der Waals surface area (Å²) in [5.41, 5.74) is 4.87. The first kappa shape index (κ1) is 32.2. The molecule has 1 aliphatic carbocycles. The van der Waals surface area contributed by atoms with Gasteiger partial charge in [-0.15, -0.1) is 21.8 Å². The Morgan fingerprint density at radius 1 is 1.11 bits per heavy atom. The molecule has 1 saturated heterocycles. The average molecular weight is 627 g/mol. The number of aliphatic hydroxyl groups is 1. The number of fused-ring (bicyclic) bond motifs is 3. The molecule has 5 heterocycles. The minimum Gasteiger partial charge on any atom is -0.392 e. The molecule has 3 aromatic heterocycles. The molecule has 1 amide bonds. The van der Waals surface area contributed by atoms with E-state index in [4.69, 9.17) is 47.1 Å². The van der Waals surface area contributed by atoms with Crippen molar-refractivity contribution >= 4 is 81.5 Å². The van der Waals surface area contributed by atoms with E-state index in [1.807, 2.05) is 30.5 Å². The maximum Gasteiger partial charge on any atom is 0.274 e. The summed E-state index contributed by atoms with van der Waals surface area (Å²) in [4.78, 5) is 34.5. The second kappa shape index (κ2) is 11.3. The summed E-state index contributed by atoms with van der Waals surface area (Å²) in [5, 5.41) is 11.9. The minimum atomic E-state index is -1.84. The van der Waals surface area contributed by atoms with Crippen LogP contribution >= 0.6 is 11.3 Å². The van der Waals surface area contributed by atoms with Gasteiger partial charge in [0.25, 0.3) is 11.5 Å². The summed E-state index contributed by atoms with van der Waals surface area (Å²) in [6.45, 7) is 1.79. The van der Waals surface area contributed by atoms with Gasteiger partial charge in [0.15, 0.2) is 0 Å². The molecule has 0 atom stereocenters. The second-order valence-corrected chi connectivity index (χ2v) is 14.0. The quantitative estimate of drug-likeness (QED) is 0.282. The van der Waals surface area contributed by atoms with Gasteiger partial charge in [-0.05, 0) is 53.3 Å². The van der Waals surface area contributed by atoms with E-state index in [2.05, 4.69) is 15.6 Å². The van der Waals surface area contributed by atoms with E-state index in [0.717, 1.165) is 18.7 Å². The van der Waals surface area contributed by atoms with Crippen molar-refractivity contribution in [3.8, 4) is 11.1 Å². The number of pyridine rings is 2. The minimum absolute atomic E-state index is 0.106. The zero-order chi connectivity index (χ0) is 33.5. The summed E-state index contributed by atoms with van der Waals surface area (Å²) >= 11 is 1.24. The molecule has 3 aliphatic rings. The topological polar surface area (TPSA) is 99.5 Å². The molecule has 222 valence electrons. The highest BCUT2D eigenvalue weighted by Gasteiger charge is 2.52. The molecule has 0 unspecified atom stereocenters. The highest BCUT2D eigenvalue weighted by Crippen LogP contribution is 2.61. The molecule has 3 N–H and O–H groups in total. The van der Waals surface area contributed by atoms with Crippen LogP contribution in [0.1, 0.15) is 42.7 Å². The number of carbonyl (C=O) groups is 1. The second-order valence-electron chi connectivity index (χ2n) is 12.8. The highest BCUT2D eigenvalue weighted by molar-refractivity contribution is 7.14. The van der Waals surface area contributed by atoms with Crippen LogP contribution in [0, 0.1) is 0 Å². The Morgan fingerprint density at radius 3 is 2.53 bits per heavy atom. The molecule has 15 heteroatoms. The van der Waals surface area contributed by atoms with Crippen LogP contribution in [-0.2, 0) is 31.7 Å². The first-order valence-electron chi connectivity index (χ1n) is 15.3. The molecule has 7 rings (SSSR count). The lowest BCUT2D eigenvalue weighted by atomic mass is 9.15. The summed E-state index contributed by atoms with van der Waals surface area (Å²) < 4.78 is 1.48. The van der Waals surface area contributed by atoms with Crippen LogP contribution in [0.5, 0.6) is 0 Å². The Kier molecular flexibility index (Phi) is 7.77. The van der Waals surface area contributed by atoms with Crippen LogP contribution < -0.4 is 21.1 Å². The summed E-state index contributed by atoms with van der Waals surface area (Å²) in [7, 11) is 39.9. The fourth-order valence-electron chi connectivity index (χ4n) is 6.81. The Bertz CT molecular complexity index is 1970. The van der Waals surface area contributed by atoms with Crippen molar-refractivity contribution in [3.05, 3.63) is 91.2 Å². The van der Waals surface area contributed by atoms with Gasteiger partial charge in [0.1, 0.15) is 11.5 Å². The molecule has 0 spiro atoms. The van der Waals surface area contributed by atoms with Crippen molar-refractivity contribution in [3.63, 3.8) is 0 Å². The molecule has 0 saturated carbocycles. The number of rotatable bonds is 6. The standard InChI is InChI=1S/C32H27B6N5O3S/c1-42-14-17(9-22(28(42)45)41-25-6-5-16(13-40-25)18-11-39-12-18)19-3-2-4-23(21(19)15-44)43-8-7-20-26-24(47-27(20)29(43)46)10-30(33,34)32(37,38)31(26,35)36/h2-6,9,13-14,18,39,44H,7-8,10-12,15H2,1H3,(H,40,41). The molecule has 0 bridgehead atoms. The number of aromatic nitrogens is 2. The maximum atomic E-state index is 14.1.